The van der Waals surface area contributed by atoms with E-state index in [9.17, 15) is 24.3 Å². The molecule has 2 aliphatic heterocycles. The second kappa shape index (κ2) is 8.87. The van der Waals surface area contributed by atoms with Crippen LogP contribution in [0.2, 0.25) is 0 Å². The third-order valence-electron chi connectivity index (χ3n) is 10.2. The summed E-state index contributed by atoms with van der Waals surface area (Å²) in [6, 6.07) is 20.2. The molecule has 0 unspecified atom stereocenters. The first kappa shape index (κ1) is 26.6. The molecule has 4 aliphatic rings. The molecule has 0 aromatic heterocycles. The molecule has 0 radical (unpaired) electrons. The molecule has 2 heterocycles. The lowest BCUT2D eigenvalue weighted by Crippen LogP contribution is -2.49. The van der Waals surface area contributed by atoms with Crippen molar-refractivity contribution in [1.82, 2.24) is 4.90 Å². The van der Waals surface area contributed by atoms with Gasteiger partial charge in [0.1, 0.15) is 5.75 Å². The Balaban J connectivity index is 1.44. The monoisotopic (exact) mass is 562 g/mol. The summed E-state index contributed by atoms with van der Waals surface area (Å²) < 4.78 is 0. The van der Waals surface area contributed by atoms with Gasteiger partial charge in [0, 0.05) is 22.4 Å². The number of aromatic hydroxyl groups is 1. The van der Waals surface area contributed by atoms with E-state index in [-0.39, 0.29) is 29.4 Å². The van der Waals surface area contributed by atoms with Gasteiger partial charge in [0.25, 0.3) is 0 Å². The molecule has 214 valence electrons. The summed E-state index contributed by atoms with van der Waals surface area (Å²) in [5.41, 5.74) is 0.0704. The minimum absolute atomic E-state index is 0.0744. The van der Waals surface area contributed by atoms with E-state index in [1.165, 1.54) is 9.80 Å². The number of phenolic OH excluding ortho intramolecular Hbond substituents is 1. The first-order valence-corrected chi connectivity index (χ1v) is 14.7. The van der Waals surface area contributed by atoms with Gasteiger partial charge in [-0.2, -0.15) is 0 Å². The number of nitrogens with zero attached hydrogens (tertiary/aromatic N) is 2. The topological polar surface area (TPSA) is 95.0 Å². The van der Waals surface area contributed by atoms with Crippen LogP contribution in [-0.2, 0) is 19.2 Å². The summed E-state index contributed by atoms with van der Waals surface area (Å²) in [7, 11) is 0. The number of amides is 4. The Labute approximate surface area is 244 Å². The van der Waals surface area contributed by atoms with Crippen LogP contribution < -0.4 is 4.90 Å². The van der Waals surface area contributed by atoms with E-state index < -0.39 is 40.5 Å². The molecule has 3 aromatic rings. The van der Waals surface area contributed by atoms with E-state index in [0.29, 0.717) is 29.5 Å². The summed E-state index contributed by atoms with van der Waals surface area (Å²) in [6.07, 6.45) is 2.69. The molecule has 0 bridgehead atoms. The molecule has 1 N–H and O–H groups in total. The van der Waals surface area contributed by atoms with Crippen LogP contribution in [0.4, 0.5) is 5.69 Å². The molecule has 6 atom stereocenters. The fraction of sp³-hybridized carbons (Fsp3) is 0.371. The number of para-hydroxylation sites is 1. The first-order chi connectivity index (χ1) is 20.0. The van der Waals surface area contributed by atoms with Gasteiger partial charge in [-0.05, 0) is 64.0 Å². The Morgan fingerprint density at radius 1 is 0.833 bits per heavy atom. The number of anilines is 1. The van der Waals surface area contributed by atoms with Gasteiger partial charge in [0.15, 0.2) is 0 Å². The molecule has 7 nitrogen and oxygen atoms in total. The number of hydrogen-bond donors (Lipinski definition) is 1. The van der Waals surface area contributed by atoms with E-state index in [1.807, 2.05) is 76.2 Å². The molecular weight excluding hydrogens is 528 g/mol. The SMILES string of the molecule is CC(C)(C)N1C(=O)[C@H]2[C@H](CC=C3[C@H]2C[C@H]2C(=O)N(c4ccccc4)C(=O)[C@@]2(C)[C@H]3c2ccc3ccccc3c2O)C1=O. The highest BCUT2D eigenvalue weighted by molar-refractivity contribution is 6.24. The van der Waals surface area contributed by atoms with E-state index in [4.69, 9.17) is 0 Å². The fourth-order valence-electron chi connectivity index (χ4n) is 8.35. The minimum Gasteiger partial charge on any atom is -0.507 e. The average molecular weight is 563 g/mol. The molecule has 42 heavy (non-hydrogen) atoms. The van der Waals surface area contributed by atoms with Crippen LogP contribution in [0, 0.1) is 29.1 Å². The van der Waals surface area contributed by atoms with Gasteiger partial charge in [-0.15, -0.1) is 0 Å². The quantitative estimate of drug-likeness (QED) is 0.325. The van der Waals surface area contributed by atoms with Crippen LogP contribution in [0.5, 0.6) is 5.75 Å². The van der Waals surface area contributed by atoms with E-state index in [0.717, 1.165) is 11.0 Å². The summed E-state index contributed by atoms with van der Waals surface area (Å²) >= 11 is 0. The van der Waals surface area contributed by atoms with Gasteiger partial charge in [0.05, 0.1) is 28.9 Å². The number of carbonyl (C=O) groups excluding carboxylic acids is 4. The zero-order valence-corrected chi connectivity index (χ0v) is 24.2. The van der Waals surface area contributed by atoms with Gasteiger partial charge in [-0.25, -0.2) is 4.90 Å². The Morgan fingerprint density at radius 2 is 1.52 bits per heavy atom. The van der Waals surface area contributed by atoms with Crippen molar-refractivity contribution in [3.05, 3.63) is 83.9 Å². The number of benzene rings is 3. The summed E-state index contributed by atoms with van der Waals surface area (Å²) in [5.74, 6) is -3.83. The van der Waals surface area contributed by atoms with E-state index >= 15 is 0 Å². The van der Waals surface area contributed by atoms with E-state index in [2.05, 4.69) is 0 Å². The molecule has 3 fully saturated rings. The molecule has 4 amide bonds. The smallest absolute Gasteiger partial charge is 0.241 e. The second-order valence-corrected chi connectivity index (χ2v) is 13.4. The van der Waals surface area contributed by atoms with Crippen molar-refractivity contribution in [2.45, 2.75) is 52.0 Å². The number of fused-ring (bicyclic) bond motifs is 5. The molecule has 3 aromatic carbocycles. The number of allylic oxidation sites excluding steroid dienone is 2. The van der Waals surface area contributed by atoms with Gasteiger partial charge in [0.2, 0.25) is 23.6 Å². The summed E-state index contributed by atoms with van der Waals surface area (Å²) in [5, 5.41) is 13.3. The van der Waals surface area contributed by atoms with Crippen molar-refractivity contribution in [1.29, 1.82) is 0 Å². The number of rotatable bonds is 2. The van der Waals surface area contributed by atoms with Crippen LogP contribution in [0.1, 0.15) is 52.0 Å². The van der Waals surface area contributed by atoms with Crippen LogP contribution in [-0.4, -0.2) is 39.2 Å². The number of hydrogen-bond acceptors (Lipinski definition) is 5. The predicted molar refractivity (Wildman–Crippen MR) is 158 cm³/mol. The molecule has 0 spiro atoms. The Morgan fingerprint density at radius 3 is 2.24 bits per heavy atom. The predicted octanol–water partition coefficient (Wildman–Crippen LogP) is 5.57. The minimum atomic E-state index is -1.20. The lowest BCUT2D eigenvalue weighted by molar-refractivity contribution is -0.145. The standard InChI is InChI=1S/C35H34N2O5/c1-34(2,3)37-30(39)23-17-16-22-25(27(23)32(37)41)18-26-31(40)36(20-11-6-5-7-12-20)33(42)35(26,4)28(22)24-15-14-19-10-8-9-13-21(19)29(24)38/h5-16,23,25-28,38H,17-18H2,1-4H3/t23-,25+,26-,27-,28+,35+/m0/s1. The van der Waals surface area contributed by atoms with Crippen molar-refractivity contribution < 1.29 is 24.3 Å². The van der Waals surface area contributed by atoms with Gasteiger partial charge >= 0.3 is 0 Å². The Kier molecular flexibility index (Phi) is 5.62. The van der Waals surface area contributed by atoms with Crippen molar-refractivity contribution in [3.8, 4) is 5.75 Å². The van der Waals surface area contributed by atoms with E-state index in [1.54, 1.807) is 24.3 Å². The summed E-state index contributed by atoms with van der Waals surface area (Å²) in [4.78, 5) is 59.0. The van der Waals surface area contributed by atoms with Crippen LogP contribution in [0.3, 0.4) is 0 Å². The fourth-order valence-corrected chi connectivity index (χ4v) is 8.35. The zero-order valence-electron chi connectivity index (χ0n) is 24.2. The first-order valence-electron chi connectivity index (χ1n) is 14.7. The highest BCUT2D eigenvalue weighted by Crippen LogP contribution is 2.64. The summed E-state index contributed by atoms with van der Waals surface area (Å²) in [6.45, 7) is 7.42. The van der Waals surface area contributed by atoms with Gasteiger partial charge in [-0.3, -0.25) is 24.1 Å². The third kappa shape index (κ3) is 3.39. The van der Waals surface area contributed by atoms with Crippen LogP contribution in [0.25, 0.3) is 10.8 Å². The number of phenols is 1. The Bertz CT molecular complexity index is 1720. The Hall–Kier alpha value is -4.26. The molecule has 7 heteroatoms. The van der Waals surface area contributed by atoms with Crippen molar-refractivity contribution in [2.75, 3.05) is 4.90 Å². The number of carbonyl (C=O) groups is 4. The highest BCUT2D eigenvalue weighted by atomic mass is 16.3. The lowest BCUT2D eigenvalue weighted by atomic mass is 9.51. The maximum atomic E-state index is 14.5. The average Bonchev–Trinajstić information content (AvgIpc) is 3.34. The normalized spacial score (nSPS) is 30.9. The largest absolute Gasteiger partial charge is 0.507 e. The van der Waals surface area contributed by atoms with Crippen LogP contribution >= 0.6 is 0 Å². The van der Waals surface area contributed by atoms with Crippen molar-refractivity contribution in [3.63, 3.8) is 0 Å². The lowest BCUT2D eigenvalue weighted by Gasteiger charge is -2.49. The van der Waals surface area contributed by atoms with Gasteiger partial charge in [-0.1, -0.05) is 66.2 Å². The second-order valence-electron chi connectivity index (χ2n) is 13.4. The number of imide groups is 2. The van der Waals surface area contributed by atoms with Gasteiger partial charge < -0.3 is 5.11 Å². The number of likely N-dealkylation sites (tertiary alicyclic amines) is 1. The highest BCUT2D eigenvalue weighted by Gasteiger charge is 2.68. The third-order valence-corrected chi connectivity index (χ3v) is 10.2. The molecule has 1 saturated carbocycles. The van der Waals surface area contributed by atoms with Crippen LogP contribution in [0.15, 0.2) is 78.4 Å². The van der Waals surface area contributed by atoms with Crippen molar-refractivity contribution >= 4 is 40.1 Å². The molecule has 7 rings (SSSR count). The van der Waals surface area contributed by atoms with Crippen molar-refractivity contribution in [2.24, 2.45) is 29.1 Å². The molecule has 2 aliphatic carbocycles. The maximum Gasteiger partial charge on any atom is 0.241 e. The zero-order chi connectivity index (χ0) is 29.7. The molecular formula is C35H34N2O5. The maximum absolute atomic E-state index is 14.5. The molecule has 2 saturated heterocycles.